The third kappa shape index (κ3) is 8.58. The first-order chi connectivity index (χ1) is 15.9. The highest BCUT2D eigenvalue weighted by atomic mass is 35.5. The maximum Gasteiger partial charge on any atom is 0.306 e. The lowest BCUT2D eigenvalue weighted by Gasteiger charge is -2.29. The third-order valence-corrected chi connectivity index (χ3v) is 5.83. The number of hydrogen-bond acceptors (Lipinski definition) is 7. The predicted molar refractivity (Wildman–Crippen MR) is 124 cm³/mol. The number of ketones is 1. The van der Waals surface area contributed by atoms with Crippen LogP contribution in [-0.2, 0) is 33.5 Å². The molecule has 192 valence electrons. The van der Waals surface area contributed by atoms with Gasteiger partial charge in [-0.25, -0.2) is 0 Å². The molecule has 12 heteroatoms. The van der Waals surface area contributed by atoms with Crippen LogP contribution in [0.4, 0.5) is 0 Å². The van der Waals surface area contributed by atoms with Crippen LogP contribution in [0.25, 0.3) is 0 Å². The molecule has 11 nitrogen and oxygen atoms in total. The van der Waals surface area contributed by atoms with Gasteiger partial charge < -0.3 is 25.6 Å². The van der Waals surface area contributed by atoms with Crippen LogP contribution in [0.5, 0.6) is 0 Å². The molecule has 0 unspecified atom stereocenters. The molecule has 0 saturated carbocycles. The molecule has 0 spiro atoms. The summed E-state index contributed by atoms with van der Waals surface area (Å²) < 4.78 is 4.46. The number of carbonyl (C=O) groups is 6. The van der Waals surface area contributed by atoms with Gasteiger partial charge in [0.25, 0.3) is 0 Å². The summed E-state index contributed by atoms with van der Waals surface area (Å²) in [6.45, 7) is 6.87. The lowest BCUT2D eigenvalue weighted by atomic mass is 10.00. The molecule has 34 heavy (non-hydrogen) atoms. The molecule has 1 heterocycles. The highest BCUT2D eigenvalue weighted by Gasteiger charge is 2.38. The van der Waals surface area contributed by atoms with Crippen molar-refractivity contribution in [1.82, 2.24) is 20.9 Å². The number of amides is 4. The number of ether oxygens (including phenoxy) is 1. The number of carbonyl (C=O) groups excluding carboxylic acids is 6. The summed E-state index contributed by atoms with van der Waals surface area (Å²) in [4.78, 5) is 74.7. The summed E-state index contributed by atoms with van der Waals surface area (Å²) in [6, 6.07) is -3.39. The average molecular weight is 503 g/mol. The normalized spacial score (nSPS) is 18.0. The van der Waals surface area contributed by atoms with Crippen molar-refractivity contribution in [3.05, 3.63) is 0 Å². The molecule has 0 aromatic carbocycles. The molecule has 0 aromatic heterocycles. The number of likely N-dealkylation sites (tertiary alicyclic amines) is 1. The molecule has 1 fully saturated rings. The van der Waals surface area contributed by atoms with Crippen molar-refractivity contribution >= 4 is 47.0 Å². The largest absolute Gasteiger partial charge is 0.469 e. The van der Waals surface area contributed by atoms with Gasteiger partial charge in [0.1, 0.15) is 18.1 Å². The first-order valence-electron chi connectivity index (χ1n) is 11.3. The predicted octanol–water partition coefficient (Wildman–Crippen LogP) is -0.111. The zero-order chi connectivity index (χ0) is 26.0. The first kappa shape index (κ1) is 29.3. The molecule has 1 aliphatic rings. The number of Topliss-reactive ketones (excluding diaryl/α,β-unsaturated/α-hetero) is 1. The van der Waals surface area contributed by atoms with Crippen LogP contribution >= 0.6 is 11.6 Å². The minimum Gasteiger partial charge on any atom is -0.469 e. The Labute approximate surface area is 204 Å². The molecule has 0 radical (unpaired) electrons. The van der Waals surface area contributed by atoms with Crippen LogP contribution < -0.4 is 16.0 Å². The molecule has 1 aliphatic heterocycles. The summed E-state index contributed by atoms with van der Waals surface area (Å²) >= 11 is 5.65. The molecule has 1 rings (SSSR count). The summed E-state index contributed by atoms with van der Waals surface area (Å²) in [5, 5.41) is 7.70. The van der Waals surface area contributed by atoms with Gasteiger partial charge in [0, 0.05) is 13.0 Å². The molecule has 4 amide bonds. The van der Waals surface area contributed by atoms with Gasteiger partial charge in [-0.1, -0.05) is 13.8 Å². The van der Waals surface area contributed by atoms with Gasteiger partial charge in [-0.15, -0.1) is 11.6 Å². The van der Waals surface area contributed by atoms with Gasteiger partial charge in [0.2, 0.25) is 23.6 Å². The zero-order valence-corrected chi connectivity index (χ0v) is 21.1. The van der Waals surface area contributed by atoms with E-state index in [0.717, 1.165) is 0 Å². The Hall–Kier alpha value is -2.69. The highest BCUT2D eigenvalue weighted by Crippen LogP contribution is 2.19. The first-order valence-corrected chi connectivity index (χ1v) is 11.8. The number of rotatable bonds is 12. The lowest BCUT2D eigenvalue weighted by molar-refractivity contribution is -0.142. The van der Waals surface area contributed by atoms with Gasteiger partial charge in [0.05, 0.1) is 25.5 Å². The lowest BCUT2D eigenvalue weighted by Crippen LogP contribution is -2.56. The number of alkyl halides is 1. The second-order valence-corrected chi connectivity index (χ2v) is 8.88. The van der Waals surface area contributed by atoms with E-state index in [-0.39, 0.29) is 30.4 Å². The molecule has 4 atom stereocenters. The van der Waals surface area contributed by atoms with Gasteiger partial charge >= 0.3 is 5.97 Å². The van der Waals surface area contributed by atoms with E-state index in [1.807, 2.05) is 0 Å². The van der Waals surface area contributed by atoms with Gasteiger partial charge in [-0.2, -0.15) is 0 Å². The average Bonchev–Trinajstić information content (AvgIpc) is 3.29. The van der Waals surface area contributed by atoms with Gasteiger partial charge in [-0.05, 0) is 32.6 Å². The number of methoxy groups -OCH3 is 1. The van der Waals surface area contributed by atoms with Crippen LogP contribution in [0, 0.1) is 5.92 Å². The van der Waals surface area contributed by atoms with Crippen LogP contribution in [0.1, 0.15) is 53.4 Å². The molecule has 0 aliphatic carbocycles. The molecule has 3 N–H and O–H groups in total. The van der Waals surface area contributed by atoms with Crippen LogP contribution in [0.3, 0.4) is 0 Å². The van der Waals surface area contributed by atoms with Crippen molar-refractivity contribution in [3.8, 4) is 0 Å². The summed E-state index contributed by atoms with van der Waals surface area (Å²) in [5.41, 5.74) is 0. The van der Waals surface area contributed by atoms with E-state index in [0.29, 0.717) is 19.4 Å². The van der Waals surface area contributed by atoms with E-state index < -0.39 is 53.8 Å². The van der Waals surface area contributed by atoms with Gasteiger partial charge in [0.15, 0.2) is 5.78 Å². The zero-order valence-electron chi connectivity index (χ0n) is 20.3. The van der Waals surface area contributed by atoms with E-state index in [1.165, 1.54) is 25.9 Å². The van der Waals surface area contributed by atoms with Crippen molar-refractivity contribution < 1.29 is 33.5 Å². The van der Waals surface area contributed by atoms with Crippen molar-refractivity contribution in [2.24, 2.45) is 5.92 Å². The maximum atomic E-state index is 13.0. The molecular weight excluding hydrogens is 468 g/mol. The fourth-order valence-electron chi connectivity index (χ4n) is 3.60. The molecule has 1 saturated heterocycles. The summed E-state index contributed by atoms with van der Waals surface area (Å²) in [7, 11) is 1.21. The smallest absolute Gasteiger partial charge is 0.306 e. The third-order valence-electron chi connectivity index (χ3n) is 5.57. The van der Waals surface area contributed by atoms with Crippen molar-refractivity contribution in [2.45, 2.75) is 77.5 Å². The van der Waals surface area contributed by atoms with Gasteiger partial charge in [-0.3, -0.25) is 28.8 Å². The fourth-order valence-corrected chi connectivity index (χ4v) is 3.77. The SMILES string of the molecule is COC(=O)CCC(=O)N[C@@H](C)C(=O)N[C@@H](C)C(=O)N1CCC[C@@H]1C(=O)N[C@H](C(=O)CCl)C(C)C. The molecular formula is C22H35ClN4O7. The number of hydrogen-bond donors (Lipinski definition) is 3. The van der Waals surface area contributed by atoms with Crippen LogP contribution in [-0.4, -0.2) is 84.0 Å². The van der Waals surface area contributed by atoms with E-state index in [4.69, 9.17) is 11.6 Å². The second kappa shape index (κ2) is 13.9. The van der Waals surface area contributed by atoms with E-state index in [9.17, 15) is 28.8 Å². The number of nitrogens with zero attached hydrogens (tertiary/aromatic N) is 1. The van der Waals surface area contributed by atoms with E-state index in [2.05, 4.69) is 20.7 Å². The topological polar surface area (TPSA) is 151 Å². The Morgan fingerprint density at radius 2 is 1.62 bits per heavy atom. The molecule has 0 aromatic rings. The Morgan fingerprint density at radius 1 is 0.971 bits per heavy atom. The Kier molecular flexibility index (Phi) is 12.0. The minimum absolute atomic E-state index is 0.113. The van der Waals surface area contributed by atoms with E-state index >= 15 is 0 Å². The fraction of sp³-hybridized carbons (Fsp3) is 0.727. The van der Waals surface area contributed by atoms with Crippen molar-refractivity contribution in [1.29, 1.82) is 0 Å². The summed E-state index contributed by atoms with van der Waals surface area (Å²) in [6.07, 6.45) is 0.794. The quantitative estimate of drug-likeness (QED) is 0.249. The minimum atomic E-state index is -0.944. The monoisotopic (exact) mass is 502 g/mol. The van der Waals surface area contributed by atoms with Crippen LogP contribution in [0.15, 0.2) is 0 Å². The second-order valence-electron chi connectivity index (χ2n) is 8.62. The van der Waals surface area contributed by atoms with Crippen molar-refractivity contribution in [2.75, 3.05) is 19.5 Å². The van der Waals surface area contributed by atoms with Crippen molar-refractivity contribution in [3.63, 3.8) is 0 Å². The summed E-state index contributed by atoms with van der Waals surface area (Å²) in [5.74, 6) is -3.20. The Bertz CT molecular complexity index is 789. The highest BCUT2D eigenvalue weighted by molar-refractivity contribution is 6.28. The number of esters is 1. The van der Waals surface area contributed by atoms with Crippen LogP contribution in [0.2, 0.25) is 0 Å². The van der Waals surface area contributed by atoms with E-state index in [1.54, 1.807) is 13.8 Å². The molecule has 0 bridgehead atoms. The Balaban J connectivity index is 2.68. The number of nitrogens with one attached hydrogen (secondary N) is 3. The Morgan fingerprint density at radius 3 is 2.18 bits per heavy atom. The standard InChI is InChI=1S/C22H35ClN4O7/c1-12(2)19(16(28)11-23)26-21(32)15-7-6-10-27(15)22(33)14(4)25-20(31)13(3)24-17(29)8-9-18(30)34-5/h12-15,19H,6-11H2,1-5H3,(H,24,29)(H,25,31)(H,26,32)/t13-,14-,15+,19-/m0/s1. The maximum absolute atomic E-state index is 13.0. The number of halogens is 1.